The lowest BCUT2D eigenvalue weighted by Crippen LogP contribution is -2.40. The van der Waals surface area contributed by atoms with Crippen molar-refractivity contribution in [1.82, 2.24) is 4.31 Å². The van der Waals surface area contributed by atoms with Gasteiger partial charge in [-0.25, -0.2) is 13.2 Å². The highest BCUT2D eigenvalue weighted by Crippen LogP contribution is 2.27. The normalized spacial score (nSPS) is 14.6. The zero-order valence-electron chi connectivity index (χ0n) is 17.2. The fourth-order valence-corrected chi connectivity index (χ4v) is 4.90. The maximum Gasteiger partial charge on any atom is 0.338 e. The molecular formula is C21H21ClN2O7S. The maximum atomic E-state index is 12.9. The first-order valence-corrected chi connectivity index (χ1v) is 11.5. The molecule has 1 aliphatic heterocycles. The molecule has 3 rings (SSSR count). The molecule has 0 atom stereocenters. The van der Waals surface area contributed by atoms with Crippen LogP contribution in [0.25, 0.3) is 0 Å². The number of sulfonamides is 1. The summed E-state index contributed by atoms with van der Waals surface area (Å²) in [5, 5.41) is 2.56. The molecule has 9 nitrogen and oxygen atoms in total. The Morgan fingerprint density at radius 2 is 1.69 bits per heavy atom. The summed E-state index contributed by atoms with van der Waals surface area (Å²) in [4.78, 5) is 35.6. The van der Waals surface area contributed by atoms with Crippen LogP contribution < -0.4 is 5.32 Å². The highest BCUT2D eigenvalue weighted by atomic mass is 35.5. The minimum atomic E-state index is -3.92. The van der Waals surface area contributed by atoms with Crippen LogP contribution in [-0.4, -0.2) is 63.3 Å². The molecule has 0 unspecified atom stereocenters. The smallest absolute Gasteiger partial charge is 0.338 e. The number of ketones is 1. The van der Waals surface area contributed by atoms with Gasteiger partial charge in [-0.05, 0) is 42.5 Å². The molecule has 11 heteroatoms. The van der Waals surface area contributed by atoms with Crippen molar-refractivity contribution < 1.29 is 32.3 Å². The van der Waals surface area contributed by atoms with Crippen LogP contribution in [0.1, 0.15) is 27.6 Å². The van der Waals surface area contributed by atoms with E-state index in [-0.39, 0.29) is 47.7 Å². The molecular weight excluding hydrogens is 460 g/mol. The van der Waals surface area contributed by atoms with Crippen molar-refractivity contribution in [3.63, 3.8) is 0 Å². The first-order valence-electron chi connectivity index (χ1n) is 9.64. The zero-order chi connectivity index (χ0) is 23.3. The van der Waals surface area contributed by atoms with Crippen molar-refractivity contribution in [3.8, 4) is 0 Å². The van der Waals surface area contributed by atoms with E-state index >= 15 is 0 Å². The number of morpholine rings is 1. The average Bonchev–Trinajstić information content (AvgIpc) is 2.78. The molecule has 1 heterocycles. The van der Waals surface area contributed by atoms with E-state index in [1.807, 2.05) is 0 Å². The molecule has 0 aliphatic carbocycles. The van der Waals surface area contributed by atoms with Gasteiger partial charge in [-0.3, -0.25) is 9.59 Å². The SMILES string of the molecule is CC(=O)Nc1ccc(C(=O)COC(=O)c2ccc(Cl)c(S(=O)(=O)N3CCOCC3)c2)cc1. The first-order chi connectivity index (χ1) is 15.2. The van der Waals surface area contributed by atoms with E-state index in [0.29, 0.717) is 11.3 Å². The van der Waals surface area contributed by atoms with Gasteiger partial charge in [0.25, 0.3) is 0 Å². The number of Topliss-reactive ketones (excluding diaryl/α,β-unsaturated/α-hetero) is 1. The molecule has 0 spiro atoms. The van der Waals surface area contributed by atoms with Crippen LogP contribution in [-0.2, 0) is 24.3 Å². The van der Waals surface area contributed by atoms with Crippen LogP contribution in [0.15, 0.2) is 47.4 Å². The molecule has 2 aromatic carbocycles. The van der Waals surface area contributed by atoms with E-state index in [9.17, 15) is 22.8 Å². The second-order valence-corrected chi connectivity index (χ2v) is 9.23. The summed E-state index contributed by atoms with van der Waals surface area (Å²) in [5.74, 6) is -1.55. The van der Waals surface area contributed by atoms with Crippen molar-refractivity contribution in [3.05, 3.63) is 58.6 Å². The molecule has 1 fully saturated rings. The number of amides is 1. The Balaban J connectivity index is 1.68. The van der Waals surface area contributed by atoms with E-state index in [0.717, 1.165) is 6.07 Å². The molecule has 0 radical (unpaired) electrons. The number of benzene rings is 2. The van der Waals surface area contributed by atoms with E-state index < -0.39 is 28.4 Å². The van der Waals surface area contributed by atoms with Crippen LogP contribution in [0.3, 0.4) is 0 Å². The molecule has 32 heavy (non-hydrogen) atoms. The molecule has 0 bridgehead atoms. The summed E-state index contributed by atoms with van der Waals surface area (Å²) in [6, 6.07) is 9.87. The van der Waals surface area contributed by atoms with Crippen molar-refractivity contribution in [2.24, 2.45) is 0 Å². The van der Waals surface area contributed by atoms with E-state index in [4.69, 9.17) is 21.1 Å². The van der Waals surface area contributed by atoms with Gasteiger partial charge in [0.2, 0.25) is 15.9 Å². The Morgan fingerprint density at radius 3 is 2.31 bits per heavy atom. The minimum absolute atomic E-state index is 0.0246. The Bertz CT molecular complexity index is 1130. The molecule has 1 N–H and O–H groups in total. The van der Waals surface area contributed by atoms with Crippen molar-refractivity contribution >= 4 is 45.0 Å². The topological polar surface area (TPSA) is 119 Å². The Hall–Kier alpha value is -2.79. The number of hydrogen-bond acceptors (Lipinski definition) is 7. The monoisotopic (exact) mass is 480 g/mol. The summed E-state index contributed by atoms with van der Waals surface area (Å²) < 4.78 is 37.2. The van der Waals surface area contributed by atoms with Gasteiger partial charge < -0.3 is 14.8 Å². The maximum absolute atomic E-state index is 12.9. The highest BCUT2D eigenvalue weighted by molar-refractivity contribution is 7.89. The first kappa shape index (κ1) is 23.9. The number of nitrogens with one attached hydrogen (secondary N) is 1. The predicted molar refractivity (Wildman–Crippen MR) is 116 cm³/mol. The van der Waals surface area contributed by atoms with Crippen LogP contribution in [0, 0.1) is 0 Å². The third-order valence-electron chi connectivity index (χ3n) is 4.62. The molecule has 1 aliphatic rings. The number of esters is 1. The number of hydrogen-bond donors (Lipinski definition) is 1. The second kappa shape index (κ2) is 10.2. The number of anilines is 1. The summed E-state index contributed by atoms with van der Waals surface area (Å²) >= 11 is 6.09. The Labute approximate surface area is 190 Å². The number of carbonyl (C=O) groups is 3. The third kappa shape index (κ3) is 5.71. The lowest BCUT2D eigenvalue weighted by atomic mass is 10.1. The average molecular weight is 481 g/mol. The largest absolute Gasteiger partial charge is 0.454 e. The summed E-state index contributed by atoms with van der Waals surface area (Å²) in [7, 11) is -3.92. The lowest BCUT2D eigenvalue weighted by molar-refractivity contribution is -0.114. The van der Waals surface area contributed by atoms with Crippen LogP contribution >= 0.6 is 11.6 Å². The summed E-state index contributed by atoms with van der Waals surface area (Å²) in [6.07, 6.45) is 0. The van der Waals surface area contributed by atoms with Gasteiger partial charge in [-0.1, -0.05) is 11.6 Å². The van der Waals surface area contributed by atoms with Crippen molar-refractivity contribution in [2.45, 2.75) is 11.8 Å². The fourth-order valence-electron chi connectivity index (χ4n) is 2.99. The number of nitrogens with zero attached hydrogens (tertiary/aromatic N) is 1. The third-order valence-corrected chi connectivity index (χ3v) is 7.00. The Kier molecular flexibility index (Phi) is 7.62. The van der Waals surface area contributed by atoms with Gasteiger partial charge in [-0.15, -0.1) is 0 Å². The van der Waals surface area contributed by atoms with Gasteiger partial charge in [0, 0.05) is 31.3 Å². The molecule has 0 saturated carbocycles. The molecule has 0 aromatic heterocycles. The number of ether oxygens (including phenoxy) is 2. The van der Waals surface area contributed by atoms with Crippen LogP contribution in [0.2, 0.25) is 5.02 Å². The van der Waals surface area contributed by atoms with Crippen LogP contribution in [0.5, 0.6) is 0 Å². The molecule has 1 saturated heterocycles. The van der Waals surface area contributed by atoms with Gasteiger partial charge in [0.1, 0.15) is 4.90 Å². The number of carbonyl (C=O) groups excluding carboxylic acids is 3. The van der Waals surface area contributed by atoms with Gasteiger partial charge in [0.05, 0.1) is 23.8 Å². The van der Waals surface area contributed by atoms with Crippen LogP contribution in [0.4, 0.5) is 5.69 Å². The van der Waals surface area contributed by atoms with Crippen molar-refractivity contribution in [2.75, 3.05) is 38.2 Å². The quantitative estimate of drug-likeness (QED) is 0.477. The molecule has 2 aromatic rings. The van der Waals surface area contributed by atoms with E-state index in [1.165, 1.54) is 35.5 Å². The van der Waals surface area contributed by atoms with Gasteiger partial charge in [0.15, 0.2) is 12.4 Å². The van der Waals surface area contributed by atoms with E-state index in [2.05, 4.69) is 5.32 Å². The highest BCUT2D eigenvalue weighted by Gasteiger charge is 2.29. The lowest BCUT2D eigenvalue weighted by Gasteiger charge is -2.26. The molecule has 1 amide bonds. The van der Waals surface area contributed by atoms with E-state index in [1.54, 1.807) is 12.1 Å². The number of halogens is 1. The zero-order valence-corrected chi connectivity index (χ0v) is 18.7. The Morgan fingerprint density at radius 1 is 1.06 bits per heavy atom. The molecule has 170 valence electrons. The second-order valence-electron chi connectivity index (χ2n) is 6.92. The predicted octanol–water partition coefficient (Wildman–Crippen LogP) is 2.36. The van der Waals surface area contributed by atoms with Crippen molar-refractivity contribution in [1.29, 1.82) is 0 Å². The minimum Gasteiger partial charge on any atom is -0.454 e. The standard InChI is InChI=1S/C21H21ClN2O7S/c1-14(25)23-17-5-2-15(3-6-17)19(26)13-31-21(27)16-4-7-18(22)20(12-16)32(28,29)24-8-10-30-11-9-24/h2-7,12H,8-11,13H2,1H3,(H,23,25). The number of rotatable bonds is 7. The fraction of sp³-hybridized carbons (Fsp3) is 0.286. The summed E-state index contributed by atoms with van der Waals surface area (Å²) in [6.45, 7) is 1.74. The summed E-state index contributed by atoms with van der Waals surface area (Å²) in [5.41, 5.74) is 0.773. The van der Waals surface area contributed by atoms with Gasteiger partial charge in [-0.2, -0.15) is 4.31 Å². The van der Waals surface area contributed by atoms with Gasteiger partial charge >= 0.3 is 5.97 Å².